The zero-order chi connectivity index (χ0) is 15.2. The molecule has 0 radical (unpaired) electrons. The standard InChI is InChI=1S/C19H25NO/c1-5-19(16-11-9-14(2)10-12-16)20-15(3)17-7-6-8-18(13-17)21-4/h6-13,15,19-20H,5H2,1-4H3/t15-,19?/m1/s1. The molecule has 112 valence electrons. The monoisotopic (exact) mass is 283 g/mol. The summed E-state index contributed by atoms with van der Waals surface area (Å²) in [7, 11) is 1.71. The number of rotatable bonds is 6. The van der Waals surface area contributed by atoms with Crippen LogP contribution in [0.4, 0.5) is 0 Å². The number of methoxy groups -OCH3 is 1. The first-order valence-corrected chi connectivity index (χ1v) is 7.60. The van der Waals surface area contributed by atoms with Gasteiger partial charge in [-0.25, -0.2) is 0 Å². The molecule has 0 spiro atoms. The zero-order valence-electron chi connectivity index (χ0n) is 13.4. The van der Waals surface area contributed by atoms with Crippen LogP contribution in [0.3, 0.4) is 0 Å². The lowest BCUT2D eigenvalue weighted by molar-refractivity contribution is 0.411. The van der Waals surface area contributed by atoms with Crippen LogP contribution in [0.2, 0.25) is 0 Å². The molecule has 0 bridgehead atoms. The van der Waals surface area contributed by atoms with Gasteiger partial charge in [0.1, 0.15) is 5.75 Å². The van der Waals surface area contributed by atoms with Gasteiger partial charge in [-0.1, -0.05) is 48.9 Å². The van der Waals surface area contributed by atoms with Crippen molar-refractivity contribution in [1.29, 1.82) is 0 Å². The fraction of sp³-hybridized carbons (Fsp3) is 0.368. The molecule has 2 atom stereocenters. The third-order valence-electron chi connectivity index (χ3n) is 3.93. The number of hydrogen-bond donors (Lipinski definition) is 1. The van der Waals surface area contributed by atoms with Crippen molar-refractivity contribution in [3.05, 3.63) is 65.2 Å². The molecule has 2 aromatic rings. The van der Waals surface area contributed by atoms with E-state index in [0.29, 0.717) is 6.04 Å². The Morgan fingerprint density at radius 1 is 1.05 bits per heavy atom. The van der Waals surface area contributed by atoms with Crippen LogP contribution in [0.15, 0.2) is 48.5 Å². The molecular weight excluding hydrogens is 258 g/mol. The fourth-order valence-corrected chi connectivity index (χ4v) is 2.56. The zero-order valence-corrected chi connectivity index (χ0v) is 13.4. The van der Waals surface area contributed by atoms with E-state index in [2.05, 4.69) is 62.5 Å². The van der Waals surface area contributed by atoms with Crippen LogP contribution in [-0.2, 0) is 0 Å². The minimum absolute atomic E-state index is 0.284. The molecule has 0 saturated heterocycles. The van der Waals surface area contributed by atoms with E-state index in [1.165, 1.54) is 16.7 Å². The highest BCUT2D eigenvalue weighted by molar-refractivity contribution is 5.31. The predicted molar refractivity (Wildman–Crippen MR) is 88.8 cm³/mol. The van der Waals surface area contributed by atoms with E-state index in [-0.39, 0.29) is 6.04 Å². The summed E-state index contributed by atoms with van der Waals surface area (Å²) in [6.07, 6.45) is 1.07. The van der Waals surface area contributed by atoms with E-state index in [9.17, 15) is 0 Å². The molecule has 2 nitrogen and oxygen atoms in total. The van der Waals surface area contributed by atoms with Crippen molar-refractivity contribution in [2.24, 2.45) is 0 Å². The first-order valence-electron chi connectivity index (χ1n) is 7.60. The smallest absolute Gasteiger partial charge is 0.119 e. The van der Waals surface area contributed by atoms with Gasteiger partial charge in [0, 0.05) is 12.1 Å². The third-order valence-corrected chi connectivity index (χ3v) is 3.93. The molecule has 1 unspecified atom stereocenters. The second-order valence-corrected chi connectivity index (χ2v) is 5.54. The van der Waals surface area contributed by atoms with Gasteiger partial charge < -0.3 is 10.1 Å². The summed E-state index contributed by atoms with van der Waals surface area (Å²) in [4.78, 5) is 0. The van der Waals surface area contributed by atoms with Crippen molar-refractivity contribution in [3.8, 4) is 5.75 Å². The van der Waals surface area contributed by atoms with Gasteiger partial charge in [0.15, 0.2) is 0 Å². The number of nitrogens with one attached hydrogen (secondary N) is 1. The molecule has 0 saturated carbocycles. The Bertz CT molecular complexity index is 562. The van der Waals surface area contributed by atoms with Gasteiger partial charge >= 0.3 is 0 Å². The van der Waals surface area contributed by atoms with Crippen molar-refractivity contribution in [2.45, 2.75) is 39.3 Å². The quantitative estimate of drug-likeness (QED) is 0.821. The van der Waals surface area contributed by atoms with Crippen LogP contribution in [0.5, 0.6) is 5.75 Å². The average Bonchev–Trinajstić information content (AvgIpc) is 2.53. The van der Waals surface area contributed by atoms with E-state index in [1.807, 2.05) is 12.1 Å². The summed E-state index contributed by atoms with van der Waals surface area (Å²) in [5.74, 6) is 0.907. The highest BCUT2D eigenvalue weighted by atomic mass is 16.5. The molecule has 0 aromatic heterocycles. The Balaban J connectivity index is 2.11. The van der Waals surface area contributed by atoms with Crippen molar-refractivity contribution in [1.82, 2.24) is 5.32 Å². The minimum atomic E-state index is 0.284. The van der Waals surface area contributed by atoms with E-state index in [4.69, 9.17) is 4.74 Å². The second-order valence-electron chi connectivity index (χ2n) is 5.54. The SMILES string of the molecule is CCC(N[C@H](C)c1cccc(OC)c1)c1ccc(C)cc1. The van der Waals surface area contributed by atoms with E-state index in [1.54, 1.807) is 7.11 Å². The lowest BCUT2D eigenvalue weighted by Gasteiger charge is -2.23. The van der Waals surface area contributed by atoms with Crippen molar-refractivity contribution < 1.29 is 4.74 Å². The molecule has 0 aliphatic rings. The normalized spacial score (nSPS) is 13.7. The molecule has 2 aromatic carbocycles. The largest absolute Gasteiger partial charge is 0.497 e. The van der Waals surface area contributed by atoms with Crippen molar-refractivity contribution >= 4 is 0 Å². The maximum atomic E-state index is 5.31. The highest BCUT2D eigenvalue weighted by Crippen LogP contribution is 2.24. The molecule has 0 amide bonds. The summed E-state index contributed by atoms with van der Waals surface area (Å²) in [5, 5.41) is 3.71. The number of aryl methyl sites for hydroxylation is 1. The summed E-state index contributed by atoms with van der Waals surface area (Å²) >= 11 is 0. The van der Waals surface area contributed by atoms with Gasteiger partial charge in [0.05, 0.1) is 7.11 Å². The van der Waals surface area contributed by atoms with Crippen LogP contribution < -0.4 is 10.1 Å². The summed E-state index contributed by atoms with van der Waals surface area (Å²) in [6.45, 7) is 6.54. The van der Waals surface area contributed by atoms with E-state index < -0.39 is 0 Å². The molecule has 1 N–H and O–H groups in total. The molecule has 2 heteroatoms. The number of ether oxygens (including phenoxy) is 1. The van der Waals surface area contributed by atoms with Gasteiger partial charge in [0.2, 0.25) is 0 Å². The van der Waals surface area contributed by atoms with Crippen LogP contribution in [-0.4, -0.2) is 7.11 Å². The first kappa shape index (κ1) is 15.6. The minimum Gasteiger partial charge on any atom is -0.497 e. The third kappa shape index (κ3) is 4.08. The Hall–Kier alpha value is -1.80. The lowest BCUT2D eigenvalue weighted by atomic mass is 10.0. The fourth-order valence-electron chi connectivity index (χ4n) is 2.56. The highest BCUT2D eigenvalue weighted by Gasteiger charge is 2.14. The molecule has 0 fully saturated rings. The second kappa shape index (κ2) is 7.28. The summed E-state index contributed by atoms with van der Waals surface area (Å²) < 4.78 is 5.31. The van der Waals surface area contributed by atoms with Crippen molar-refractivity contribution in [3.63, 3.8) is 0 Å². The Labute approximate surface area is 128 Å². The number of hydrogen-bond acceptors (Lipinski definition) is 2. The summed E-state index contributed by atoms with van der Waals surface area (Å²) in [6, 6.07) is 17.7. The van der Waals surface area contributed by atoms with E-state index in [0.717, 1.165) is 12.2 Å². The molecular formula is C19H25NO. The van der Waals surface area contributed by atoms with Crippen LogP contribution in [0, 0.1) is 6.92 Å². The van der Waals surface area contributed by atoms with Crippen molar-refractivity contribution in [2.75, 3.05) is 7.11 Å². The topological polar surface area (TPSA) is 21.3 Å². The van der Waals surface area contributed by atoms with Crippen LogP contribution in [0.25, 0.3) is 0 Å². The van der Waals surface area contributed by atoms with Crippen LogP contribution >= 0.6 is 0 Å². The van der Waals surface area contributed by atoms with E-state index >= 15 is 0 Å². The molecule has 0 aliphatic heterocycles. The maximum Gasteiger partial charge on any atom is 0.119 e. The van der Waals surface area contributed by atoms with Gasteiger partial charge in [-0.3, -0.25) is 0 Å². The molecule has 21 heavy (non-hydrogen) atoms. The molecule has 0 heterocycles. The maximum absolute atomic E-state index is 5.31. The van der Waals surface area contributed by atoms with Crippen LogP contribution in [0.1, 0.15) is 49.0 Å². The average molecular weight is 283 g/mol. The lowest BCUT2D eigenvalue weighted by Crippen LogP contribution is -2.24. The Kier molecular flexibility index (Phi) is 5.40. The Morgan fingerprint density at radius 2 is 1.76 bits per heavy atom. The van der Waals surface area contributed by atoms with Gasteiger partial charge in [-0.2, -0.15) is 0 Å². The first-order chi connectivity index (χ1) is 10.1. The molecule has 2 rings (SSSR count). The molecule has 0 aliphatic carbocycles. The van der Waals surface area contributed by atoms with Gasteiger partial charge in [-0.15, -0.1) is 0 Å². The Morgan fingerprint density at radius 3 is 2.38 bits per heavy atom. The summed E-state index contributed by atoms with van der Waals surface area (Å²) in [5.41, 5.74) is 3.90. The van der Waals surface area contributed by atoms with Gasteiger partial charge in [0.25, 0.3) is 0 Å². The van der Waals surface area contributed by atoms with Gasteiger partial charge in [-0.05, 0) is 43.5 Å². The predicted octanol–water partition coefficient (Wildman–Crippen LogP) is 4.81. The number of benzene rings is 2.